The van der Waals surface area contributed by atoms with Gasteiger partial charge >= 0.3 is 0 Å². The van der Waals surface area contributed by atoms with Crippen LogP contribution >= 0.6 is 11.6 Å². The standard InChI is InChI=1S/C21H23ClFN3O3S.ClH/c22-19-8-3-16(15-20(19)30(28,29)26-9-1-2-10-26)21(27)25-13-11-24(12-14-25)18-6-4-17(23)5-7-18;/h3-8,15H,1-2,9-14H2;1H/p-1. The van der Waals surface area contributed by atoms with Crippen molar-refractivity contribution in [3.8, 4) is 0 Å². The first-order valence-electron chi connectivity index (χ1n) is 9.96. The predicted molar refractivity (Wildman–Crippen MR) is 114 cm³/mol. The van der Waals surface area contributed by atoms with Gasteiger partial charge in [0.2, 0.25) is 10.0 Å². The third-order valence-corrected chi connectivity index (χ3v) is 8.00. The molecule has 2 fully saturated rings. The van der Waals surface area contributed by atoms with E-state index in [1.54, 1.807) is 23.1 Å². The van der Waals surface area contributed by atoms with E-state index in [1.807, 2.05) is 0 Å². The first kappa shape index (κ1) is 23.8. The normalized spacial score (nSPS) is 17.5. The number of amides is 1. The molecule has 2 saturated heterocycles. The number of carbonyl (C=O) groups is 1. The molecule has 2 aliphatic rings. The van der Waals surface area contributed by atoms with E-state index >= 15 is 0 Å². The van der Waals surface area contributed by atoms with Crippen molar-refractivity contribution in [1.82, 2.24) is 9.21 Å². The molecule has 4 rings (SSSR count). The SMILES string of the molecule is O=C(c1ccc(Cl)c(S(=O)(=O)N2CCCC2)c1)N1CCN(c2ccc(F)cc2)CC1.[Cl-]. The Morgan fingerprint density at radius 1 is 0.903 bits per heavy atom. The van der Waals surface area contributed by atoms with Gasteiger partial charge in [0.15, 0.2) is 0 Å². The van der Waals surface area contributed by atoms with Crippen LogP contribution in [0.4, 0.5) is 10.1 Å². The van der Waals surface area contributed by atoms with Crippen molar-refractivity contribution in [3.63, 3.8) is 0 Å². The van der Waals surface area contributed by atoms with E-state index in [0.717, 1.165) is 18.5 Å². The summed E-state index contributed by atoms with van der Waals surface area (Å²) in [7, 11) is -3.71. The fourth-order valence-electron chi connectivity index (χ4n) is 3.90. The molecule has 0 aromatic heterocycles. The molecule has 168 valence electrons. The molecule has 0 spiro atoms. The highest BCUT2D eigenvalue weighted by atomic mass is 35.5. The molecule has 0 aliphatic carbocycles. The number of hydrogen-bond acceptors (Lipinski definition) is 4. The first-order valence-corrected chi connectivity index (χ1v) is 11.8. The Morgan fingerprint density at radius 2 is 1.52 bits per heavy atom. The number of benzene rings is 2. The number of anilines is 1. The Bertz CT molecular complexity index is 1040. The topological polar surface area (TPSA) is 60.9 Å². The second kappa shape index (κ2) is 9.73. The van der Waals surface area contributed by atoms with Crippen molar-refractivity contribution >= 4 is 33.2 Å². The van der Waals surface area contributed by atoms with Crippen LogP contribution in [0.3, 0.4) is 0 Å². The van der Waals surface area contributed by atoms with Gasteiger partial charge in [-0.1, -0.05) is 11.6 Å². The Hall–Kier alpha value is -1.87. The quantitative estimate of drug-likeness (QED) is 0.620. The maximum absolute atomic E-state index is 13.1. The average Bonchev–Trinajstić information content (AvgIpc) is 3.30. The van der Waals surface area contributed by atoms with Gasteiger partial charge in [0.05, 0.1) is 5.02 Å². The summed E-state index contributed by atoms with van der Waals surface area (Å²) in [5, 5.41) is 0.125. The van der Waals surface area contributed by atoms with E-state index in [2.05, 4.69) is 4.90 Å². The van der Waals surface area contributed by atoms with Gasteiger partial charge < -0.3 is 22.2 Å². The lowest BCUT2D eigenvalue weighted by atomic mass is 10.1. The van der Waals surface area contributed by atoms with Crippen LogP contribution in [0.2, 0.25) is 5.02 Å². The minimum atomic E-state index is -3.71. The second-order valence-electron chi connectivity index (χ2n) is 7.51. The summed E-state index contributed by atoms with van der Waals surface area (Å²) in [5.41, 5.74) is 1.22. The van der Waals surface area contributed by atoms with Crippen LogP contribution in [-0.2, 0) is 10.0 Å². The van der Waals surface area contributed by atoms with Gasteiger partial charge in [0, 0.05) is 50.5 Å². The number of hydrogen-bond donors (Lipinski definition) is 0. The summed E-state index contributed by atoms with van der Waals surface area (Å²) < 4.78 is 40.4. The van der Waals surface area contributed by atoms with Gasteiger partial charge in [-0.25, -0.2) is 12.8 Å². The second-order valence-corrected chi connectivity index (χ2v) is 9.83. The molecule has 6 nitrogen and oxygen atoms in total. The molecule has 31 heavy (non-hydrogen) atoms. The van der Waals surface area contributed by atoms with Gasteiger partial charge in [-0.2, -0.15) is 4.31 Å². The van der Waals surface area contributed by atoms with Crippen molar-refractivity contribution in [2.45, 2.75) is 17.7 Å². The third-order valence-electron chi connectivity index (χ3n) is 5.62. The highest BCUT2D eigenvalue weighted by molar-refractivity contribution is 7.89. The minimum absolute atomic E-state index is 0. The largest absolute Gasteiger partial charge is 1.00 e. The molecule has 1 amide bonds. The zero-order chi connectivity index (χ0) is 21.3. The van der Waals surface area contributed by atoms with E-state index in [1.165, 1.54) is 28.6 Å². The van der Waals surface area contributed by atoms with E-state index in [9.17, 15) is 17.6 Å². The van der Waals surface area contributed by atoms with Crippen molar-refractivity contribution < 1.29 is 30.0 Å². The van der Waals surface area contributed by atoms with Crippen LogP contribution in [0.15, 0.2) is 47.4 Å². The molecule has 2 aromatic carbocycles. The highest BCUT2D eigenvalue weighted by Gasteiger charge is 2.30. The molecule has 0 N–H and O–H groups in total. The van der Waals surface area contributed by atoms with Crippen LogP contribution in [0, 0.1) is 5.82 Å². The van der Waals surface area contributed by atoms with Crippen LogP contribution in [0.25, 0.3) is 0 Å². The van der Waals surface area contributed by atoms with Crippen LogP contribution in [-0.4, -0.2) is 62.8 Å². The molecule has 0 bridgehead atoms. The van der Waals surface area contributed by atoms with Crippen LogP contribution in [0.1, 0.15) is 23.2 Å². The van der Waals surface area contributed by atoms with Gasteiger partial charge in [-0.3, -0.25) is 4.79 Å². The average molecular weight is 487 g/mol. The van der Waals surface area contributed by atoms with Gasteiger partial charge in [0.25, 0.3) is 5.91 Å². The van der Waals surface area contributed by atoms with Gasteiger partial charge in [-0.15, -0.1) is 0 Å². The summed E-state index contributed by atoms with van der Waals surface area (Å²) in [6.45, 7) is 3.16. The van der Waals surface area contributed by atoms with E-state index in [-0.39, 0.29) is 34.0 Å². The monoisotopic (exact) mass is 486 g/mol. The number of carbonyl (C=O) groups excluding carboxylic acids is 1. The summed E-state index contributed by atoms with van der Waals surface area (Å²) in [5.74, 6) is -0.502. The molecular weight excluding hydrogens is 464 g/mol. The summed E-state index contributed by atoms with van der Waals surface area (Å²) >= 11 is 6.18. The molecule has 2 aromatic rings. The predicted octanol–water partition coefficient (Wildman–Crippen LogP) is 0.230. The van der Waals surface area contributed by atoms with Gasteiger partial charge in [-0.05, 0) is 55.3 Å². The fourth-order valence-corrected chi connectivity index (χ4v) is 5.92. The van der Waals surface area contributed by atoms with E-state index < -0.39 is 10.0 Å². The van der Waals surface area contributed by atoms with Crippen molar-refractivity contribution in [3.05, 3.63) is 58.9 Å². The molecule has 0 radical (unpaired) electrons. The maximum Gasteiger partial charge on any atom is 0.254 e. The highest BCUT2D eigenvalue weighted by Crippen LogP contribution is 2.29. The van der Waals surface area contributed by atoms with Gasteiger partial charge in [0.1, 0.15) is 10.7 Å². The molecular formula is C21H23Cl2FN3O3S-. The summed E-state index contributed by atoms with van der Waals surface area (Å²) in [4.78, 5) is 16.8. The van der Waals surface area contributed by atoms with Crippen molar-refractivity contribution in [2.75, 3.05) is 44.2 Å². The molecule has 2 aliphatic heterocycles. The molecule has 0 saturated carbocycles. The number of rotatable bonds is 4. The molecule has 10 heteroatoms. The van der Waals surface area contributed by atoms with E-state index in [0.29, 0.717) is 44.8 Å². The lowest BCUT2D eigenvalue weighted by molar-refractivity contribution is -0.0000190. The Kier molecular flexibility index (Phi) is 7.47. The van der Waals surface area contributed by atoms with Crippen molar-refractivity contribution in [1.29, 1.82) is 0 Å². The number of nitrogens with zero attached hydrogens (tertiary/aromatic N) is 3. The fraction of sp³-hybridized carbons (Fsp3) is 0.381. The van der Waals surface area contributed by atoms with Crippen LogP contribution < -0.4 is 17.3 Å². The Balaban J connectivity index is 0.00000272. The minimum Gasteiger partial charge on any atom is -1.00 e. The third kappa shape index (κ3) is 4.98. The Labute approximate surface area is 193 Å². The maximum atomic E-state index is 13.1. The molecule has 2 heterocycles. The number of piperazine rings is 1. The van der Waals surface area contributed by atoms with Crippen molar-refractivity contribution in [2.24, 2.45) is 0 Å². The number of halogens is 3. The summed E-state index contributed by atoms with van der Waals surface area (Å²) in [6.07, 6.45) is 1.65. The number of sulfonamides is 1. The summed E-state index contributed by atoms with van der Waals surface area (Å²) in [6, 6.07) is 10.7. The molecule has 0 atom stereocenters. The Morgan fingerprint density at radius 3 is 2.13 bits per heavy atom. The zero-order valence-electron chi connectivity index (χ0n) is 16.8. The molecule has 0 unspecified atom stereocenters. The first-order chi connectivity index (χ1) is 14.4. The zero-order valence-corrected chi connectivity index (χ0v) is 19.1. The smallest absolute Gasteiger partial charge is 0.254 e. The van der Waals surface area contributed by atoms with Crippen LogP contribution in [0.5, 0.6) is 0 Å². The lowest BCUT2D eigenvalue weighted by Crippen LogP contribution is -3.00. The van der Waals surface area contributed by atoms with E-state index in [4.69, 9.17) is 11.6 Å². The lowest BCUT2D eigenvalue weighted by Gasteiger charge is -2.36.